The van der Waals surface area contributed by atoms with Gasteiger partial charge in [-0.3, -0.25) is 0 Å². The molecule has 0 spiro atoms. The normalized spacial score (nSPS) is 10.3. The molecule has 5 heteroatoms. The first kappa shape index (κ1) is 11.1. The minimum atomic E-state index is -0.822. The number of aromatic nitrogens is 1. The summed E-state index contributed by atoms with van der Waals surface area (Å²) < 4.78 is 11.5. The van der Waals surface area contributed by atoms with Crippen molar-refractivity contribution in [3.05, 3.63) is 59.1 Å². The Bertz CT molecular complexity index is 842. The van der Waals surface area contributed by atoms with Gasteiger partial charge in [0.05, 0.1) is 11.0 Å². The van der Waals surface area contributed by atoms with Gasteiger partial charge in [-0.1, -0.05) is 24.3 Å². The van der Waals surface area contributed by atoms with Gasteiger partial charge in [0.15, 0.2) is 17.4 Å². The summed E-state index contributed by atoms with van der Waals surface area (Å²) in [7, 11) is 0. The zero-order valence-electron chi connectivity index (χ0n) is 9.74. The third kappa shape index (κ3) is 1.85. The monoisotopic (exact) mass is 252 g/mol. The van der Waals surface area contributed by atoms with Crippen LogP contribution in [0.15, 0.2) is 62.2 Å². The number of benzene rings is 2. The third-order valence-corrected chi connectivity index (χ3v) is 2.70. The number of hydrogen-bond acceptors (Lipinski definition) is 4. The van der Waals surface area contributed by atoms with E-state index >= 15 is 0 Å². The van der Waals surface area contributed by atoms with E-state index in [4.69, 9.17) is 8.83 Å². The summed E-state index contributed by atoms with van der Waals surface area (Å²) in [4.78, 5) is 11.6. The molecule has 0 aliphatic carbocycles. The standard InChI is InChI=1S/C14H8N2O3/c15-9-16-10-5-1-3-7-12(10)18-14(17)19-13-8-4-2-6-11(13)16/h1-8H. The maximum Gasteiger partial charge on any atom is 0.519 e. The summed E-state index contributed by atoms with van der Waals surface area (Å²) in [5, 5.41) is 9.35. The van der Waals surface area contributed by atoms with E-state index in [0.29, 0.717) is 11.0 Å². The second kappa shape index (κ2) is 4.35. The van der Waals surface area contributed by atoms with Crippen LogP contribution in [0.2, 0.25) is 0 Å². The van der Waals surface area contributed by atoms with Gasteiger partial charge in [0.1, 0.15) is 0 Å². The van der Waals surface area contributed by atoms with Crippen LogP contribution in [0.3, 0.4) is 0 Å². The van der Waals surface area contributed by atoms with Crippen molar-refractivity contribution in [1.29, 1.82) is 5.26 Å². The number of para-hydroxylation sites is 4. The van der Waals surface area contributed by atoms with Crippen LogP contribution < -0.4 is 5.82 Å². The van der Waals surface area contributed by atoms with Crippen LogP contribution in [0.1, 0.15) is 0 Å². The van der Waals surface area contributed by atoms with Gasteiger partial charge in [0.2, 0.25) is 0 Å². The maximum absolute atomic E-state index is 11.6. The van der Waals surface area contributed by atoms with Crippen molar-refractivity contribution in [3.63, 3.8) is 0 Å². The minimum Gasteiger partial charge on any atom is -0.392 e. The first-order chi connectivity index (χ1) is 9.29. The summed E-state index contributed by atoms with van der Waals surface area (Å²) in [6.45, 7) is 0. The zero-order valence-corrected chi connectivity index (χ0v) is 9.74. The molecule has 3 rings (SSSR count). The Labute approximate surface area is 107 Å². The lowest BCUT2D eigenvalue weighted by atomic mass is 10.3. The third-order valence-electron chi connectivity index (χ3n) is 2.70. The quantitative estimate of drug-likeness (QED) is 0.616. The first-order valence-electron chi connectivity index (χ1n) is 5.57. The van der Waals surface area contributed by atoms with Crippen molar-refractivity contribution in [3.8, 4) is 6.19 Å². The lowest BCUT2D eigenvalue weighted by Gasteiger charge is -2.02. The molecular formula is C14H8N2O3. The average molecular weight is 252 g/mol. The Hall–Kier alpha value is -3.00. The molecule has 0 saturated heterocycles. The van der Waals surface area contributed by atoms with Crippen LogP contribution in [0.4, 0.5) is 0 Å². The minimum absolute atomic E-state index is 0.281. The van der Waals surface area contributed by atoms with E-state index in [1.165, 1.54) is 4.57 Å². The number of rotatable bonds is 0. The molecular weight excluding hydrogens is 244 g/mol. The fraction of sp³-hybridized carbons (Fsp3) is 0. The van der Waals surface area contributed by atoms with Crippen molar-refractivity contribution in [2.45, 2.75) is 0 Å². The van der Waals surface area contributed by atoms with E-state index < -0.39 is 5.82 Å². The van der Waals surface area contributed by atoms with Crippen molar-refractivity contribution in [2.24, 2.45) is 0 Å². The number of nitriles is 1. The van der Waals surface area contributed by atoms with E-state index in [0.717, 1.165) is 0 Å². The van der Waals surface area contributed by atoms with Crippen LogP contribution in [0.5, 0.6) is 0 Å². The molecule has 2 aromatic carbocycles. The molecule has 0 amide bonds. The molecule has 0 unspecified atom stereocenters. The molecule has 0 radical (unpaired) electrons. The summed E-state index contributed by atoms with van der Waals surface area (Å²) in [5.41, 5.74) is 1.55. The average Bonchev–Trinajstić information content (AvgIpc) is 2.41. The van der Waals surface area contributed by atoms with Gasteiger partial charge >= 0.3 is 5.82 Å². The molecule has 5 nitrogen and oxygen atoms in total. The highest BCUT2D eigenvalue weighted by Crippen LogP contribution is 2.16. The largest absolute Gasteiger partial charge is 0.519 e. The summed E-state index contributed by atoms with van der Waals surface area (Å²) in [6.07, 6.45) is 2.06. The Morgan fingerprint density at radius 2 is 1.37 bits per heavy atom. The zero-order chi connectivity index (χ0) is 13.2. The van der Waals surface area contributed by atoms with Crippen molar-refractivity contribution >= 4 is 22.2 Å². The highest BCUT2D eigenvalue weighted by atomic mass is 16.5. The smallest absolute Gasteiger partial charge is 0.392 e. The molecule has 0 saturated carbocycles. The second-order valence-corrected chi connectivity index (χ2v) is 3.82. The van der Waals surface area contributed by atoms with Gasteiger partial charge in [0, 0.05) is 0 Å². The van der Waals surface area contributed by atoms with Gasteiger partial charge in [-0.25, -0.2) is 9.36 Å². The summed E-state index contributed by atoms with van der Waals surface area (Å²) in [6, 6.07) is 13.6. The van der Waals surface area contributed by atoms with E-state index in [-0.39, 0.29) is 11.2 Å². The molecule has 3 aromatic rings. The Morgan fingerprint density at radius 1 is 0.895 bits per heavy atom. The van der Waals surface area contributed by atoms with Crippen LogP contribution in [0, 0.1) is 11.5 Å². The molecule has 1 heterocycles. The molecule has 0 bridgehead atoms. The van der Waals surface area contributed by atoms with E-state index in [1.807, 2.05) is 0 Å². The van der Waals surface area contributed by atoms with Crippen LogP contribution in [0.25, 0.3) is 22.2 Å². The van der Waals surface area contributed by atoms with E-state index in [9.17, 15) is 10.1 Å². The molecule has 1 aromatic heterocycles. The predicted molar refractivity (Wildman–Crippen MR) is 68.9 cm³/mol. The van der Waals surface area contributed by atoms with Gasteiger partial charge < -0.3 is 8.83 Å². The lowest BCUT2D eigenvalue weighted by Crippen LogP contribution is -1.99. The number of fused-ring (bicyclic) bond motifs is 2. The second-order valence-electron chi connectivity index (χ2n) is 3.82. The van der Waals surface area contributed by atoms with Crippen molar-refractivity contribution in [1.82, 2.24) is 4.57 Å². The Morgan fingerprint density at radius 3 is 1.84 bits per heavy atom. The van der Waals surface area contributed by atoms with Gasteiger partial charge in [0.25, 0.3) is 0 Å². The van der Waals surface area contributed by atoms with Crippen molar-refractivity contribution in [2.75, 3.05) is 0 Å². The van der Waals surface area contributed by atoms with E-state index in [2.05, 4.69) is 6.19 Å². The maximum atomic E-state index is 11.6. The number of nitrogens with zero attached hydrogens (tertiary/aromatic N) is 2. The highest BCUT2D eigenvalue weighted by Gasteiger charge is 2.04. The van der Waals surface area contributed by atoms with Gasteiger partial charge in [-0.15, -0.1) is 0 Å². The van der Waals surface area contributed by atoms with Gasteiger partial charge in [-0.2, -0.15) is 5.26 Å². The molecule has 0 fully saturated rings. The fourth-order valence-corrected chi connectivity index (χ4v) is 1.89. The SMILES string of the molecule is N#Cn1c2ccccc2oc(=O)oc2ccccc21. The molecule has 92 valence electrons. The Balaban J connectivity index is 2.72. The molecule has 0 aliphatic heterocycles. The molecule has 0 N–H and O–H groups in total. The Kier molecular flexibility index (Phi) is 2.54. The van der Waals surface area contributed by atoms with E-state index in [1.54, 1.807) is 48.5 Å². The van der Waals surface area contributed by atoms with Crippen LogP contribution in [-0.2, 0) is 0 Å². The highest BCUT2D eigenvalue weighted by molar-refractivity contribution is 5.81. The van der Waals surface area contributed by atoms with Crippen LogP contribution >= 0.6 is 0 Å². The fourth-order valence-electron chi connectivity index (χ4n) is 1.89. The van der Waals surface area contributed by atoms with Crippen molar-refractivity contribution < 1.29 is 8.83 Å². The summed E-state index contributed by atoms with van der Waals surface area (Å²) in [5.74, 6) is -0.822. The summed E-state index contributed by atoms with van der Waals surface area (Å²) >= 11 is 0. The predicted octanol–water partition coefficient (Wildman–Crippen LogP) is 2.79. The number of hydrogen-bond donors (Lipinski definition) is 0. The molecule has 0 aliphatic rings. The van der Waals surface area contributed by atoms with Crippen LogP contribution in [-0.4, -0.2) is 4.57 Å². The lowest BCUT2D eigenvalue weighted by molar-refractivity contribution is 0.374. The first-order valence-corrected chi connectivity index (χ1v) is 5.57. The topological polar surface area (TPSA) is 72.1 Å². The van der Waals surface area contributed by atoms with Gasteiger partial charge in [-0.05, 0) is 24.3 Å². The molecule has 19 heavy (non-hydrogen) atoms. The molecule has 0 atom stereocenters.